The molecule has 0 atom stereocenters. The maximum Gasteiger partial charge on any atom is 0.127 e. The molecule has 1 aromatic rings. The van der Waals surface area contributed by atoms with Crippen LogP contribution in [0.25, 0.3) is 0 Å². The second kappa shape index (κ2) is 4.69. The van der Waals surface area contributed by atoms with Crippen LogP contribution in [0.1, 0.15) is 31.2 Å². The molecule has 1 aromatic carbocycles. The molecule has 0 radical (unpaired) electrons. The van der Waals surface area contributed by atoms with Gasteiger partial charge in [-0.15, -0.1) is 0 Å². The standard InChI is InChI=1S/C14H17BrFN/c15-12-5-6-13(16)11(7-12)8-17-14(9-1-2-9)10-3-4-10/h5-7,9-10,14,17H,1-4,8H2. The smallest absolute Gasteiger partial charge is 0.127 e. The minimum atomic E-state index is -0.106. The highest BCUT2D eigenvalue weighted by molar-refractivity contribution is 9.10. The van der Waals surface area contributed by atoms with E-state index in [9.17, 15) is 4.39 Å². The van der Waals surface area contributed by atoms with Crippen LogP contribution >= 0.6 is 15.9 Å². The predicted octanol–water partition coefficient (Wildman–Crippen LogP) is 3.87. The van der Waals surface area contributed by atoms with Crippen LogP contribution in [-0.2, 0) is 6.54 Å². The van der Waals surface area contributed by atoms with Crippen molar-refractivity contribution < 1.29 is 4.39 Å². The first-order valence-corrected chi connectivity index (χ1v) is 7.20. The summed E-state index contributed by atoms with van der Waals surface area (Å²) in [6.45, 7) is 0.656. The summed E-state index contributed by atoms with van der Waals surface area (Å²) in [6.07, 6.45) is 5.43. The molecule has 0 heterocycles. The largest absolute Gasteiger partial charge is 0.309 e. The van der Waals surface area contributed by atoms with E-state index in [1.165, 1.54) is 31.7 Å². The fraction of sp³-hybridized carbons (Fsp3) is 0.571. The van der Waals surface area contributed by atoms with E-state index in [0.29, 0.717) is 12.6 Å². The van der Waals surface area contributed by atoms with E-state index in [1.807, 2.05) is 6.07 Å². The Balaban J connectivity index is 1.63. The molecule has 0 bridgehead atoms. The van der Waals surface area contributed by atoms with Gasteiger partial charge in [-0.2, -0.15) is 0 Å². The minimum absolute atomic E-state index is 0.106. The molecule has 2 aliphatic rings. The first-order valence-electron chi connectivity index (χ1n) is 6.41. The summed E-state index contributed by atoms with van der Waals surface area (Å²) < 4.78 is 14.5. The van der Waals surface area contributed by atoms with Crippen molar-refractivity contribution in [2.75, 3.05) is 0 Å². The van der Waals surface area contributed by atoms with Crippen LogP contribution in [0.3, 0.4) is 0 Å². The second-order valence-corrected chi connectivity index (χ2v) is 6.23. The molecule has 17 heavy (non-hydrogen) atoms. The summed E-state index contributed by atoms with van der Waals surface area (Å²) in [6, 6.07) is 5.79. The number of hydrogen-bond acceptors (Lipinski definition) is 1. The van der Waals surface area contributed by atoms with Crippen LogP contribution in [0.2, 0.25) is 0 Å². The van der Waals surface area contributed by atoms with Gasteiger partial charge in [0.2, 0.25) is 0 Å². The Morgan fingerprint density at radius 2 is 1.88 bits per heavy atom. The Hall–Kier alpha value is -0.410. The maximum absolute atomic E-state index is 13.6. The molecule has 2 saturated carbocycles. The lowest BCUT2D eigenvalue weighted by molar-refractivity contribution is 0.411. The first-order chi connectivity index (χ1) is 8.24. The summed E-state index contributed by atoms with van der Waals surface area (Å²) in [5, 5.41) is 3.57. The highest BCUT2D eigenvalue weighted by Crippen LogP contribution is 2.44. The molecular weight excluding hydrogens is 281 g/mol. The van der Waals surface area contributed by atoms with Gasteiger partial charge in [-0.25, -0.2) is 4.39 Å². The van der Waals surface area contributed by atoms with E-state index in [-0.39, 0.29) is 5.82 Å². The Morgan fingerprint density at radius 1 is 1.24 bits per heavy atom. The van der Waals surface area contributed by atoms with E-state index in [1.54, 1.807) is 6.07 Å². The number of hydrogen-bond donors (Lipinski definition) is 1. The molecule has 0 aromatic heterocycles. The van der Waals surface area contributed by atoms with Crippen molar-refractivity contribution in [3.8, 4) is 0 Å². The van der Waals surface area contributed by atoms with E-state index in [4.69, 9.17) is 0 Å². The van der Waals surface area contributed by atoms with Crippen LogP contribution in [0.4, 0.5) is 4.39 Å². The molecule has 92 valence electrons. The maximum atomic E-state index is 13.6. The number of rotatable bonds is 5. The number of benzene rings is 1. The molecule has 3 heteroatoms. The van der Waals surface area contributed by atoms with Crippen molar-refractivity contribution in [3.05, 3.63) is 34.1 Å². The van der Waals surface area contributed by atoms with Gasteiger partial charge >= 0.3 is 0 Å². The molecule has 2 fully saturated rings. The molecular formula is C14H17BrFN. The van der Waals surface area contributed by atoms with Crippen LogP contribution in [-0.4, -0.2) is 6.04 Å². The molecule has 0 spiro atoms. The lowest BCUT2D eigenvalue weighted by atomic mass is 10.1. The minimum Gasteiger partial charge on any atom is -0.309 e. The highest BCUT2D eigenvalue weighted by atomic mass is 79.9. The van der Waals surface area contributed by atoms with Crippen LogP contribution in [0.5, 0.6) is 0 Å². The lowest BCUT2D eigenvalue weighted by Crippen LogP contribution is -2.32. The molecule has 1 nitrogen and oxygen atoms in total. The van der Waals surface area contributed by atoms with Gasteiger partial charge in [0.25, 0.3) is 0 Å². The van der Waals surface area contributed by atoms with Gasteiger partial charge in [0.05, 0.1) is 0 Å². The van der Waals surface area contributed by atoms with E-state index < -0.39 is 0 Å². The van der Waals surface area contributed by atoms with Crippen molar-refractivity contribution in [1.29, 1.82) is 0 Å². The monoisotopic (exact) mass is 297 g/mol. The van der Waals surface area contributed by atoms with Crippen molar-refractivity contribution in [3.63, 3.8) is 0 Å². The summed E-state index contributed by atoms with van der Waals surface area (Å²) in [5.74, 6) is 1.61. The quantitative estimate of drug-likeness (QED) is 0.870. The van der Waals surface area contributed by atoms with Gasteiger partial charge < -0.3 is 5.32 Å². The van der Waals surface area contributed by atoms with Crippen molar-refractivity contribution >= 4 is 15.9 Å². The number of nitrogens with one attached hydrogen (secondary N) is 1. The number of halogens is 2. The molecule has 0 amide bonds. The van der Waals surface area contributed by atoms with Gasteiger partial charge in [-0.05, 0) is 55.7 Å². The van der Waals surface area contributed by atoms with Crippen LogP contribution < -0.4 is 5.32 Å². The lowest BCUT2D eigenvalue weighted by Gasteiger charge is -2.18. The average Bonchev–Trinajstić information content (AvgIpc) is 3.14. The molecule has 2 aliphatic carbocycles. The fourth-order valence-corrected chi connectivity index (χ4v) is 2.94. The normalized spacial score (nSPS) is 19.9. The molecule has 0 aliphatic heterocycles. The third kappa shape index (κ3) is 2.89. The van der Waals surface area contributed by atoms with Gasteiger partial charge in [0, 0.05) is 22.6 Å². The topological polar surface area (TPSA) is 12.0 Å². The Labute approximate surface area is 110 Å². The van der Waals surface area contributed by atoms with Crippen molar-refractivity contribution in [2.24, 2.45) is 11.8 Å². The van der Waals surface area contributed by atoms with Crippen LogP contribution in [0, 0.1) is 17.7 Å². The highest BCUT2D eigenvalue weighted by Gasteiger charge is 2.40. The molecule has 1 N–H and O–H groups in total. The molecule has 3 rings (SSSR count). The van der Waals surface area contributed by atoms with Gasteiger partial charge in [-0.1, -0.05) is 15.9 Å². The molecule has 0 unspecified atom stereocenters. The summed E-state index contributed by atoms with van der Waals surface area (Å²) in [7, 11) is 0. The predicted molar refractivity (Wildman–Crippen MR) is 70.2 cm³/mol. The summed E-state index contributed by atoms with van der Waals surface area (Å²) in [5.41, 5.74) is 0.769. The average molecular weight is 298 g/mol. The second-order valence-electron chi connectivity index (χ2n) is 5.32. The third-order valence-corrected chi connectivity index (χ3v) is 4.29. The van der Waals surface area contributed by atoms with Crippen molar-refractivity contribution in [1.82, 2.24) is 5.32 Å². The first kappa shape index (κ1) is 11.7. The van der Waals surface area contributed by atoms with Gasteiger partial charge in [-0.3, -0.25) is 0 Å². The van der Waals surface area contributed by atoms with E-state index in [0.717, 1.165) is 21.9 Å². The van der Waals surface area contributed by atoms with E-state index >= 15 is 0 Å². The van der Waals surface area contributed by atoms with Gasteiger partial charge in [0.1, 0.15) is 5.82 Å². The van der Waals surface area contributed by atoms with Crippen LogP contribution in [0.15, 0.2) is 22.7 Å². The fourth-order valence-electron chi connectivity index (χ4n) is 2.54. The van der Waals surface area contributed by atoms with E-state index in [2.05, 4.69) is 21.2 Å². The Morgan fingerprint density at radius 3 is 2.47 bits per heavy atom. The SMILES string of the molecule is Fc1ccc(Br)cc1CNC(C1CC1)C1CC1. The summed E-state index contributed by atoms with van der Waals surface area (Å²) >= 11 is 3.39. The Kier molecular flexibility index (Phi) is 3.22. The Bertz CT molecular complexity index is 401. The zero-order valence-electron chi connectivity index (χ0n) is 9.76. The summed E-state index contributed by atoms with van der Waals surface area (Å²) in [4.78, 5) is 0. The third-order valence-electron chi connectivity index (χ3n) is 3.80. The van der Waals surface area contributed by atoms with Gasteiger partial charge in [0.15, 0.2) is 0 Å². The zero-order chi connectivity index (χ0) is 11.8. The zero-order valence-corrected chi connectivity index (χ0v) is 11.3. The van der Waals surface area contributed by atoms with Crippen molar-refractivity contribution in [2.45, 2.75) is 38.3 Å². The molecule has 0 saturated heterocycles.